The number of guanidine groups is 1. The molecule has 0 radical (unpaired) electrons. The Hall–Kier alpha value is -1.51. The van der Waals surface area contributed by atoms with Crippen LogP contribution in [0.4, 0.5) is 0 Å². The van der Waals surface area contributed by atoms with Crippen LogP contribution in [-0.4, -0.2) is 25.6 Å². The van der Waals surface area contributed by atoms with Crippen molar-refractivity contribution >= 4 is 5.96 Å². The number of benzene rings is 1. The smallest absolute Gasteiger partial charge is 0.191 e. The van der Waals surface area contributed by atoms with Crippen molar-refractivity contribution in [3.63, 3.8) is 0 Å². The standard InChI is InChI=1S/C17H27N3/c1-4-18-16(19-12-14-10-11-14)20-13-17(2,3)15-8-6-5-7-9-15/h5-9,14H,4,10-13H2,1-3H3,(H2,18,19,20). The van der Waals surface area contributed by atoms with Crippen LogP contribution in [0.1, 0.15) is 39.2 Å². The van der Waals surface area contributed by atoms with E-state index in [1.165, 1.54) is 18.4 Å². The third kappa shape index (κ3) is 4.55. The molecule has 3 heteroatoms. The van der Waals surface area contributed by atoms with Crippen LogP contribution in [-0.2, 0) is 5.41 Å². The van der Waals surface area contributed by atoms with Crippen molar-refractivity contribution in [3.05, 3.63) is 35.9 Å². The first-order valence-corrected chi connectivity index (χ1v) is 7.69. The molecule has 0 aromatic heterocycles. The lowest BCUT2D eigenvalue weighted by molar-refractivity contribution is 0.537. The quantitative estimate of drug-likeness (QED) is 0.617. The zero-order chi connectivity index (χ0) is 14.4. The second kappa shape index (κ2) is 6.78. The Morgan fingerprint density at radius 3 is 2.50 bits per heavy atom. The number of aliphatic imine (C=N–C) groups is 1. The Kier molecular flexibility index (Phi) is 5.05. The van der Waals surface area contributed by atoms with Crippen molar-refractivity contribution in [2.24, 2.45) is 10.9 Å². The molecule has 1 aromatic rings. The molecule has 0 aliphatic heterocycles. The van der Waals surface area contributed by atoms with Gasteiger partial charge in [0, 0.05) is 18.5 Å². The summed E-state index contributed by atoms with van der Waals surface area (Å²) in [6.45, 7) is 9.35. The number of hydrogen-bond acceptors (Lipinski definition) is 1. The molecular weight excluding hydrogens is 246 g/mol. The molecule has 0 atom stereocenters. The molecule has 0 spiro atoms. The Bertz CT molecular complexity index is 433. The van der Waals surface area contributed by atoms with E-state index in [0.717, 1.165) is 31.5 Å². The molecule has 0 bridgehead atoms. The van der Waals surface area contributed by atoms with Crippen molar-refractivity contribution < 1.29 is 0 Å². The second-order valence-electron chi connectivity index (χ2n) is 6.27. The Morgan fingerprint density at radius 1 is 1.20 bits per heavy atom. The van der Waals surface area contributed by atoms with E-state index in [1.807, 2.05) is 0 Å². The molecule has 1 saturated carbocycles. The minimum atomic E-state index is 0.0587. The van der Waals surface area contributed by atoms with Crippen molar-refractivity contribution in [2.45, 2.75) is 39.0 Å². The van der Waals surface area contributed by atoms with E-state index in [-0.39, 0.29) is 5.41 Å². The van der Waals surface area contributed by atoms with E-state index in [1.54, 1.807) is 0 Å². The van der Waals surface area contributed by atoms with Crippen LogP contribution in [0, 0.1) is 5.92 Å². The highest BCUT2D eigenvalue weighted by atomic mass is 15.2. The van der Waals surface area contributed by atoms with Gasteiger partial charge < -0.3 is 10.6 Å². The van der Waals surface area contributed by atoms with Crippen LogP contribution in [0.25, 0.3) is 0 Å². The van der Waals surface area contributed by atoms with Crippen molar-refractivity contribution in [1.29, 1.82) is 0 Å². The van der Waals surface area contributed by atoms with Crippen LogP contribution in [0.3, 0.4) is 0 Å². The van der Waals surface area contributed by atoms with Gasteiger partial charge in [0.25, 0.3) is 0 Å². The molecule has 0 unspecified atom stereocenters. The van der Waals surface area contributed by atoms with Crippen molar-refractivity contribution in [3.8, 4) is 0 Å². The number of nitrogens with one attached hydrogen (secondary N) is 2. The Balaban J connectivity index is 1.95. The number of hydrogen-bond donors (Lipinski definition) is 2. The molecular formula is C17H27N3. The number of rotatable bonds is 6. The first-order valence-electron chi connectivity index (χ1n) is 7.69. The maximum Gasteiger partial charge on any atom is 0.191 e. The van der Waals surface area contributed by atoms with Gasteiger partial charge in [-0.2, -0.15) is 0 Å². The molecule has 1 fully saturated rings. The first kappa shape index (κ1) is 14.9. The van der Waals surface area contributed by atoms with Gasteiger partial charge in [0.05, 0.1) is 6.54 Å². The minimum Gasteiger partial charge on any atom is -0.357 e. The summed E-state index contributed by atoms with van der Waals surface area (Å²) in [5.74, 6) is 1.81. The molecule has 20 heavy (non-hydrogen) atoms. The largest absolute Gasteiger partial charge is 0.357 e. The molecule has 2 rings (SSSR count). The van der Waals surface area contributed by atoms with Gasteiger partial charge in [-0.05, 0) is 31.2 Å². The van der Waals surface area contributed by atoms with E-state index in [2.05, 4.69) is 61.7 Å². The lowest BCUT2D eigenvalue weighted by atomic mass is 9.85. The summed E-state index contributed by atoms with van der Waals surface area (Å²) in [4.78, 5) is 4.76. The van der Waals surface area contributed by atoms with Crippen LogP contribution in [0.5, 0.6) is 0 Å². The number of nitrogens with zero attached hydrogens (tertiary/aromatic N) is 1. The molecule has 0 amide bonds. The minimum absolute atomic E-state index is 0.0587. The van der Waals surface area contributed by atoms with Gasteiger partial charge in [0.1, 0.15) is 0 Å². The molecule has 0 heterocycles. The van der Waals surface area contributed by atoms with Gasteiger partial charge in [-0.15, -0.1) is 0 Å². The van der Waals surface area contributed by atoms with E-state index in [9.17, 15) is 0 Å². The molecule has 3 nitrogen and oxygen atoms in total. The van der Waals surface area contributed by atoms with Crippen LogP contribution < -0.4 is 10.6 Å². The predicted molar refractivity (Wildman–Crippen MR) is 86.2 cm³/mol. The van der Waals surface area contributed by atoms with Gasteiger partial charge in [-0.1, -0.05) is 44.2 Å². The molecule has 0 saturated heterocycles. The van der Waals surface area contributed by atoms with Crippen molar-refractivity contribution in [1.82, 2.24) is 10.6 Å². The lowest BCUT2D eigenvalue weighted by Crippen LogP contribution is -2.39. The Labute approximate surface area is 122 Å². The van der Waals surface area contributed by atoms with E-state index >= 15 is 0 Å². The molecule has 2 N–H and O–H groups in total. The SMILES string of the molecule is CCNC(=NCC(C)(C)c1ccccc1)NCC1CC1. The summed E-state index contributed by atoms with van der Waals surface area (Å²) in [6, 6.07) is 10.6. The van der Waals surface area contributed by atoms with E-state index < -0.39 is 0 Å². The fourth-order valence-corrected chi connectivity index (χ4v) is 2.16. The van der Waals surface area contributed by atoms with Crippen molar-refractivity contribution in [2.75, 3.05) is 19.6 Å². The topological polar surface area (TPSA) is 36.4 Å². The average Bonchev–Trinajstić information content (AvgIpc) is 3.27. The maximum atomic E-state index is 4.76. The average molecular weight is 273 g/mol. The highest BCUT2D eigenvalue weighted by molar-refractivity contribution is 5.79. The third-order valence-electron chi connectivity index (χ3n) is 3.79. The third-order valence-corrected chi connectivity index (χ3v) is 3.79. The van der Waals surface area contributed by atoms with E-state index in [0.29, 0.717) is 0 Å². The highest BCUT2D eigenvalue weighted by Crippen LogP contribution is 2.27. The summed E-state index contributed by atoms with van der Waals surface area (Å²) in [5.41, 5.74) is 1.39. The van der Waals surface area contributed by atoms with Gasteiger partial charge >= 0.3 is 0 Å². The highest BCUT2D eigenvalue weighted by Gasteiger charge is 2.22. The lowest BCUT2D eigenvalue weighted by Gasteiger charge is -2.24. The molecule has 1 aromatic carbocycles. The Morgan fingerprint density at radius 2 is 1.90 bits per heavy atom. The summed E-state index contributed by atoms with van der Waals surface area (Å²) < 4.78 is 0. The maximum absolute atomic E-state index is 4.76. The van der Waals surface area contributed by atoms with Gasteiger partial charge in [-0.3, -0.25) is 4.99 Å². The van der Waals surface area contributed by atoms with Gasteiger partial charge in [-0.25, -0.2) is 0 Å². The zero-order valence-electron chi connectivity index (χ0n) is 12.9. The van der Waals surface area contributed by atoms with Crippen LogP contribution >= 0.6 is 0 Å². The van der Waals surface area contributed by atoms with Crippen LogP contribution in [0.2, 0.25) is 0 Å². The predicted octanol–water partition coefficient (Wildman–Crippen LogP) is 2.93. The monoisotopic (exact) mass is 273 g/mol. The summed E-state index contributed by atoms with van der Waals surface area (Å²) >= 11 is 0. The van der Waals surface area contributed by atoms with Gasteiger partial charge in [0.2, 0.25) is 0 Å². The zero-order valence-corrected chi connectivity index (χ0v) is 12.9. The second-order valence-corrected chi connectivity index (χ2v) is 6.27. The van der Waals surface area contributed by atoms with Crippen LogP contribution in [0.15, 0.2) is 35.3 Å². The molecule has 1 aliphatic carbocycles. The normalized spacial score (nSPS) is 16.1. The summed E-state index contributed by atoms with van der Waals surface area (Å²) in [6.07, 6.45) is 2.73. The summed E-state index contributed by atoms with van der Waals surface area (Å²) in [5, 5.41) is 6.77. The molecule has 1 aliphatic rings. The van der Waals surface area contributed by atoms with Gasteiger partial charge in [0.15, 0.2) is 5.96 Å². The summed E-state index contributed by atoms with van der Waals surface area (Å²) in [7, 11) is 0. The molecule has 110 valence electrons. The fourth-order valence-electron chi connectivity index (χ4n) is 2.16. The van der Waals surface area contributed by atoms with E-state index in [4.69, 9.17) is 4.99 Å². The first-order chi connectivity index (χ1) is 9.62. The fraction of sp³-hybridized carbons (Fsp3) is 0.588.